The van der Waals surface area contributed by atoms with Crippen LogP contribution in [0.15, 0.2) is 18.2 Å². The van der Waals surface area contributed by atoms with Crippen LogP contribution in [0.3, 0.4) is 0 Å². The summed E-state index contributed by atoms with van der Waals surface area (Å²) < 4.78 is 0. The van der Waals surface area contributed by atoms with Gasteiger partial charge in [0.15, 0.2) is 0 Å². The predicted octanol–water partition coefficient (Wildman–Crippen LogP) is 7.14. The van der Waals surface area contributed by atoms with Crippen LogP contribution in [0.25, 0.3) is 0 Å². The first-order valence-electron chi connectivity index (χ1n) is 11.5. The third kappa shape index (κ3) is 6.98. The molecule has 1 amide bonds. The lowest BCUT2D eigenvalue weighted by molar-refractivity contribution is -0.123. The molecule has 0 heterocycles. The summed E-state index contributed by atoms with van der Waals surface area (Å²) in [6, 6.07) is 9.14. The number of benzene rings is 2. The minimum Gasteiger partial charge on any atom is -0.508 e. The van der Waals surface area contributed by atoms with Crippen LogP contribution in [-0.4, -0.2) is 24.1 Å². The molecular formula is C27H31Cl3N4O2. The first kappa shape index (κ1) is 29.6. The Morgan fingerprint density at radius 2 is 1.58 bits per heavy atom. The number of nitrogens with zero attached hydrogens (tertiary/aromatic N) is 2. The van der Waals surface area contributed by atoms with Crippen LogP contribution in [0, 0.1) is 28.1 Å². The van der Waals surface area contributed by atoms with Crippen molar-refractivity contribution in [3.05, 3.63) is 55.5 Å². The Balaban J connectivity index is 2.23. The van der Waals surface area contributed by atoms with Gasteiger partial charge in [0.25, 0.3) is 0 Å². The van der Waals surface area contributed by atoms with Crippen LogP contribution in [0.2, 0.25) is 15.1 Å². The topological polar surface area (TPSA) is 109 Å². The van der Waals surface area contributed by atoms with E-state index in [0.717, 1.165) is 11.1 Å². The fourth-order valence-electron chi connectivity index (χ4n) is 3.87. The van der Waals surface area contributed by atoms with Crippen molar-refractivity contribution in [2.24, 2.45) is 5.41 Å². The van der Waals surface area contributed by atoms with Gasteiger partial charge in [0.05, 0.1) is 37.8 Å². The molecule has 1 unspecified atom stereocenters. The van der Waals surface area contributed by atoms with Gasteiger partial charge < -0.3 is 15.7 Å². The molecule has 0 aliphatic heterocycles. The maximum Gasteiger partial charge on any atom is 0.227 e. The monoisotopic (exact) mass is 548 g/mol. The lowest BCUT2D eigenvalue weighted by Gasteiger charge is -2.28. The van der Waals surface area contributed by atoms with E-state index in [4.69, 9.17) is 34.8 Å². The van der Waals surface area contributed by atoms with Crippen molar-refractivity contribution < 1.29 is 9.90 Å². The largest absolute Gasteiger partial charge is 0.508 e. The van der Waals surface area contributed by atoms with Crippen LogP contribution in [0.5, 0.6) is 5.75 Å². The van der Waals surface area contributed by atoms with Crippen molar-refractivity contribution in [2.45, 2.75) is 59.3 Å². The van der Waals surface area contributed by atoms with Gasteiger partial charge in [-0.2, -0.15) is 10.5 Å². The first-order chi connectivity index (χ1) is 16.6. The molecule has 0 bridgehead atoms. The molecule has 0 saturated carbocycles. The highest BCUT2D eigenvalue weighted by Gasteiger charge is 2.29. The Morgan fingerprint density at radius 3 is 2.11 bits per heavy atom. The molecule has 1 atom stereocenters. The maximum absolute atomic E-state index is 13.3. The van der Waals surface area contributed by atoms with Gasteiger partial charge in [-0.15, -0.1) is 0 Å². The van der Waals surface area contributed by atoms with Crippen molar-refractivity contribution >= 4 is 46.4 Å². The SMILES string of the molecule is CC(C)(C)CC(C(=O)NCCNc1c(Cl)c(Cl)c(C#N)c(Cl)c1C#N)c1ccc(O)c(C(C)(C)C)c1. The van der Waals surface area contributed by atoms with Gasteiger partial charge in [-0.3, -0.25) is 4.79 Å². The summed E-state index contributed by atoms with van der Waals surface area (Å²) in [6.07, 6.45) is 0.603. The fourth-order valence-corrected chi connectivity index (χ4v) is 4.68. The number of carbonyl (C=O) groups excluding carboxylic acids is 1. The second-order valence-electron chi connectivity index (χ2n) is 10.9. The summed E-state index contributed by atoms with van der Waals surface area (Å²) in [7, 11) is 0. The number of anilines is 1. The molecule has 2 rings (SSSR count). The quantitative estimate of drug-likeness (QED) is 0.251. The summed E-state index contributed by atoms with van der Waals surface area (Å²) >= 11 is 18.6. The standard InChI is InChI=1S/C27H31Cl3N4O2/c1-26(2,3)12-16(15-7-8-20(35)19(11-15)27(4,5)6)25(36)34-10-9-33-24-18(14-32)21(28)17(13-31)22(29)23(24)30/h7-8,11,16,33,35H,9-10,12H2,1-6H3,(H,34,36). The van der Waals surface area contributed by atoms with Crippen molar-refractivity contribution in [1.82, 2.24) is 5.32 Å². The van der Waals surface area contributed by atoms with Crippen molar-refractivity contribution in [1.29, 1.82) is 10.5 Å². The Bertz CT molecular complexity index is 1230. The highest BCUT2D eigenvalue weighted by molar-refractivity contribution is 6.46. The van der Waals surface area contributed by atoms with Gasteiger partial charge in [0, 0.05) is 13.1 Å². The minimum atomic E-state index is -0.427. The molecule has 0 radical (unpaired) electrons. The number of rotatable bonds is 7. The number of phenolic OH excluding ortho intramolecular Hbond substituents is 1. The Labute approximate surface area is 228 Å². The van der Waals surface area contributed by atoms with Crippen molar-refractivity contribution in [3.63, 3.8) is 0 Å². The van der Waals surface area contributed by atoms with E-state index in [1.54, 1.807) is 12.1 Å². The van der Waals surface area contributed by atoms with Gasteiger partial charge in [0.1, 0.15) is 17.9 Å². The van der Waals surface area contributed by atoms with Crippen LogP contribution >= 0.6 is 34.8 Å². The average molecular weight is 550 g/mol. The van der Waals surface area contributed by atoms with Gasteiger partial charge in [-0.1, -0.05) is 88.5 Å². The Hall–Kier alpha value is -2.64. The van der Waals surface area contributed by atoms with Crippen molar-refractivity contribution in [2.75, 3.05) is 18.4 Å². The van der Waals surface area contributed by atoms with E-state index < -0.39 is 5.92 Å². The van der Waals surface area contributed by atoms with E-state index in [1.807, 2.05) is 39.0 Å². The number of hydrogen-bond acceptors (Lipinski definition) is 5. The molecule has 0 aliphatic carbocycles. The molecule has 0 fully saturated rings. The van der Waals surface area contributed by atoms with Crippen molar-refractivity contribution in [3.8, 4) is 17.9 Å². The molecule has 6 nitrogen and oxygen atoms in total. The average Bonchev–Trinajstić information content (AvgIpc) is 2.77. The molecule has 0 saturated heterocycles. The Morgan fingerprint density at radius 1 is 0.972 bits per heavy atom. The van der Waals surface area contributed by atoms with E-state index in [0.29, 0.717) is 6.42 Å². The molecule has 0 aliphatic rings. The highest BCUT2D eigenvalue weighted by Crippen LogP contribution is 2.41. The molecular weight excluding hydrogens is 519 g/mol. The molecule has 0 aromatic heterocycles. The van der Waals surface area contributed by atoms with E-state index >= 15 is 0 Å². The number of aromatic hydroxyl groups is 1. The Kier molecular flexibility index (Phi) is 9.54. The summed E-state index contributed by atoms with van der Waals surface area (Å²) in [5.74, 6) is -0.376. The summed E-state index contributed by atoms with van der Waals surface area (Å²) in [5.41, 5.74) is 1.37. The zero-order chi connectivity index (χ0) is 27.4. The lowest BCUT2D eigenvalue weighted by atomic mass is 9.78. The molecule has 2 aromatic rings. The number of phenols is 1. The number of amides is 1. The summed E-state index contributed by atoms with van der Waals surface area (Å²) in [5, 5.41) is 35.0. The van der Waals surface area contributed by atoms with E-state index in [1.165, 1.54) is 0 Å². The molecule has 36 heavy (non-hydrogen) atoms. The summed E-state index contributed by atoms with van der Waals surface area (Å²) in [4.78, 5) is 13.3. The number of nitriles is 2. The molecule has 3 N–H and O–H groups in total. The van der Waals surface area contributed by atoms with Gasteiger partial charge >= 0.3 is 0 Å². The van der Waals surface area contributed by atoms with Crippen LogP contribution in [0.1, 0.15) is 76.1 Å². The number of halogens is 3. The molecule has 0 spiro atoms. The number of nitrogens with one attached hydrogen (secondary N) is 2. The summed E-state index contributed by atoms with van der Waals surface area (Å²) in [6.45, 7) is 12.7. The van der Waals surface area contributed by atoms with Gasteiger partial charge in [-0.25, -0.2) is 0 Å². The van der Waals surface area contributed by atoms with Crippen LogP contribution < -0.4 is 10.6 Å². The normalized spacial score (nSPS) is 12.4. The third-order valence-electron chi connectivity index (χ3n) is 5.63. The van der Waals surface area contributed by atoms with E-state index in [2.05, 4.69) is 31.4 Å². The zero-order valence-corrected chi connectivity index (χ0v) is 23.6. The van der Waals surface area contributed by atoms with E-state index in [-0.39, 0.29) is 67.5 Å². The van der Waals surface area contributed by atoms with E-state index in [9.17, 15) is 20.4 Å². The minimum absolute atomic E-state index is 0.0124. The third-order valence-corrected chi connectivity index (χ3v) is 6.86. The molecule has 192 valence electrons. The maximum atomic E-state index is 13.3. The van der Waals surface area contributed by atoms with Gasteiger partial charge in [0.2, 0.25) is 5.91 Å². The number of carbonyl (C=O) groups is 1. The van der Waals surface area contributed by atoms with Gasteiger partial charge in [-0.05, 0) is 34.4 Å². The lowest BCUT2D eigenvalue weighted by Crippen LogP contribution is -2.35. The molecule has 2 aromatic carbocycles. The second kappa shape index (κ2) is 11.6. The number of hydrogen-bond donors (Lipinski definition) is 3. The second-order valence-corrected chi connectivity index (χ2v) is 12.0. The van der Waals surface area contributed by atoms with Crippen LogP contribution in [0.4, 0.5) is 5.69 Å². The fraction of sp³-hybridized carbons (Fsp3) is 0.444. The predicted molar refractivity (Wildman–Crippen MR) is 146 cm³/mol. The molecule has 9 heteroatoms. The zero-order valence-electron chi connectivity index (χ0n) is 21.3. The smallest absolute Gasteiger partial charge is 0.227 e. The van der Waals surface area contributed by atoms with Crippen LogP contribution in [-0.2, 0) is 10.2 Å². The highest BCUT2D eigenvalue weighted by atomic mass is 35.5. The first-order valence-corrected chi connectivity index (χ1v) is 12.6.